The summed E-state index contributed by atoms with van der Waals surface area (Å²) in [5.74, 6) is 0.892. The van der Waals surface area contributed by atoms with E-state index in [4.69, 9.17) is 5.73 Å². The van der Waals surface area contributed by atoms with Gasteiger partial charge in [-0.25, -0.2) is 0 Å². The predicted molar refractivity (Wildman–Crippen MR) is 70.4 cm³/mol. The summed E-state index contributed by atoms with van der Waals surface area (Å²) in [4.78, 5) is 0. The first-order chi connectivity index (χ1) is 6.66. The van der Waals surface area contributed by atoms with E-state index in [1.165, 1.54) is 24.0 Å². The van der Waals surface area contributed by atoms with Crippen molar-refractivity contribution in [3.05, 3.63) is 33.8 Å². The van der Waals surface area contributed by atoms with Crippen LogP contribution in [0.25, 0.3) is 0 Å². The van der Waals surface area contributed by atoms with Crippen molar-refractivity contribution in [2.45, 2.75) is 32.2 Å². The molecule has 1 aromatic carbocycles. The van der Waals surface area contributed by atoms with Crippen molar-refractivity contribution in [1.82, 2.24) is 0 Å². The zero-order valence-electron chi connectivity index (χ0n) is 8.87. The molecule has 1 nitrogen and oxygen atoms in total. The third-order valence-electron chi connectivity index (χ3n) is 2.92. The lowest BCUT2D eigenvalue weighted by atomic mass is 9.98. The van der Waals surface area contributed by atoms with Crippen molar-refractivity contribution in [1.29, 1.82) is 0 Å². The molecule has 0 unspecified atom stereocenters. The van der Waals surface area contributed by atoms with Crippen molar-refractivity contribution < 1.29 is 0 Å². The minimum atomic E-state index is 0. The monoisotopic (exact) mass is 289 g/mol. The van der Waals surface area contributed by atoms with E-state index in [2.05, 4.69) is 41.1 Å². The first-order valence-electron chi connectivity index (χ1n) is 5.18. The lowest BCUT2D eigenvalue weighted by Gasteiger charge is -2.14. The highest BCUT2D eigenvalue weighted by Gasteiger charge is 2.24. The molecule has 1 aromatic rings. The second-order valence-corrected chi connectivity index (χ2v) is 5.20. The summed E-state index contributed by atoms with van der Waals surface area (Å²) in [6.45, 7) is 2.13. The van der Waals surface area contributed by atoms with Gasteiger partial charge >= 0.3 is 0 Å². The van der Waals surface area contributed by atoms with Gasteiger partial charge in [-0.2, -0.15) is 0 Å². The fraction of sp³-hybridized carbons (Fsp3) is 0.500. The minimum Gasteiger partial charge on any atom is -0.324 e. The van der Waals surface area contributed by atoms with E-state index in [0.717, 1.165) is 16.8 Å². The standard InChI is InChI=1S/C12H16BrN.ClH/c1-8-2-5-10(13)7-11(8)12(14)6-9-3-4-9;/h2,5,7,9,12H,3-4,6,14H2,1H3;1H/t12-;/m1./s1. The zero-order chi connectivity index (χ0) is 10.1. The molecule has 84 valence electrons. The average Bonchev–Trinajstić information content (AvgIpc) is 2.93. The van der Waals surface area contributed by atoms with Gasteiger partial charge in [-0.15, -0.1) is 12.4 Å². The molecule has 2 rings (SSSR count). The highest BCUT2D eigenvalue weighted by Crippen LogP contribution is 2.37. The Kier molecular flexibility index (Phi) is 4.63. The van der Waals surface area contributed by atoms with Gasteiger partial charge in [0.25, 0.3) is 0 Å². The van der Waals surface area contributed by atoms with Gasteiger partial charge in [0.1, 0.15) is 0 Å². The first kappa shape index (κ1) is 13.0. The van der Waals surface area contributed by atoms with E-state index < -0.39 is 0 Å². The van der Waals surface area contributed by atoms with Crippen LogP contribution in [0.1, 0.15) is 36.4 Å². The Balaban J connectivity index is 0.00000112. The maximum atomic E-state index is 6.18. The van der Waals surface area contributed by atoms with E-state index in [9.17, 15) is 0 Å². The summed E-state index contributed by atoms with van der Waals surface area (Å²) in [5.41, 5.74) is 8.79. The molecule has 0 aliphatic heterocycles. The Morgan fingerprint density at radius 3 is 2.73 bits per heavy atom. The molecule has 1 aliphatic rings. The third-order valence-corrected chi connectivity index (χ3v) is 3.42. The van der Waals surface area contributed by atoms with Gasteiger partial charge in [0.05, 0.1) is 0 Å². The maximum Gasteiger partial charge on any atom is 0.0300 e. The highest BCUT2D eigenvalue weighted by atomic mass is 79.9. The summed E-state index contributed by atoms with van der Waals surface area (Å²) in [6.07, 6.45) is 3.90. The van der Waals surface area contributed by atoms with E-state index in [-0.39, 0.29) is 18.4 Å². The molecule has 1 saturated carbocycles. The van der Waals surface area contributed by atoms with E-state index in [0.29, 0.717) is 0 Å². The normalized spacial score (nSPS) is 17.0. The van der Waals surface area contributed by atoms with Gasteiger partial charge in [0.15, 0.2) is 0 Å². The Bertz CT molecular complexity index is 336. The van der Waals surface area contributed by atoms with Crippen molar-refractivity contribution >= 4 is 28.3 Å². The van der Waals surface area contributed by atoms with Crippen LogP contribution in [0, 0.1) is 12.8 Å². The lowest BCUT2D eigenvalue weighted by Crippen LogP contribution is -2.12. The summed E-state index contributed by atoms with van der Waals surface area (Å²) in [6, 6.07) is 6.58. The number of hydrogen-bond acceptors (Lipinski definition) is 1. The molecule has 0 heterocycles. The fourth-order valence-corrected chi connectivity index (χ4v) is 2.23. The quantitative estimate of drug-likeness (QED) is 0.895. The fourth-order valence-electron chi connectivity index (χ4n) is 1.85. The van der Waals surface area contributed by atoms with E-state index in [1.54, 1.807) is 0 Å². The molecule has 15 heavy (non-hydrogen) atoms. The molecule has 0 radical (unpaired) electrons. The second-order valence-electron chi connectivity index (χ2n) is 4.29. The number of nitrogens with two attached hydrogens (primary N) is 1. The van der Waals surface area contributed by atoms with Crippen LogP contribution >= 0.6 is 28.3 Å². The van der Waals surface area contributed by atoms with Gasteiger partial charge in [-0.1, -0.05) is 34.8 Å². The summed E-state index contributed by atoms with van der Waals surface area (Å²) in [5, 5.41) is 0. The number of rotatable bonds is 3. The van der Waals surface area contributed by atoms with E-state index in [1.807, 2.05) is 0 Å². The second kappa shape index (κ2) is 5.33. The number of hydrogen-bond donors (Lipinski definition) is 1. The Morgan fingerprint density at radius 1 is 1.47 bits per heavy atom. The van der Waals surface area contributed by atoms with Crippen LogP contribution in [0.2, 0.25) is 0 Å². The van der Waals surface area contributed by atoms with Crippen LogP contribution in [0.15, 0.2) is 22.7 Å². The molecule has 1 atom stereocenters. The van der Waals surface area contributed by atoms with E-state index >= 15 is 0 Å². The predicted octanol–water partition coefficient (Wildman–Crippen LogP) is 3.98. The maximum absolute atomic E-state index is 6.18. The first-order valence-corrected chi connectivity index (χ1v) is 5.98. The zero-order valence-corrected chi connectivity index (χ0v) is 11.3. The molecular formula is C12H17BrClN. The van der Waals surface area contributed by atoms with Gasteiger partial charge in [-0.3, -0.25) is 0 Å². The topological polar surface area (TPSA) is 26.0 Å². The van der Waals surface area contributed by atoms with Gasteiger partial charge in [-0.05, 0) is 42.5 Å². The van der Waals surface area contributed by atoms with Crippen molar-refractivity contribution in [2.24, 2.45) is 11.7 Å². The Hall–Kier alpha value is -0.0500. The molecule has 1 aliphatic carbocycles. The number of aryl methyl sites for hydroxylation is 1. The SMILES string of the molecule is Cc1ccc(Br)cc1[C@H](N)CC1CC1.Cl. The molecule has 2 N–H and O–H groups in total. The number of halogens is 2. The molecule has 0 saturated heterocycles. The molecule has 0 aromatic heterocycles. The van der Waals surface area contributed by atoms with Crippen LogP contribution < -0.4 is 5.73 Å². The molecule has 1 fully saturated rings. The number of benzene rings is 1. The van der Waals surface area contributed by atoms with Crippen LogP contribution in [-0.4, -0.2) is 0 Å². The van der Waals surface area contributed by atoms with Crippen molar-refractivity contribution in [3.8, 4) is 0 Å². The smallest absolute Gasteiger partial charge is 0.0300 e. The van der Waals surface area contributed by atoms with Crippen LogP contribution in [0.5, 0.6) is 0 Å². The molecule has 0 bridgehead atoms. The third kappa shape index (κ3) is 3.47. The Labute approximate surface area is 106 Å². The Morgan fingerprint density at radius 2 is 2.13 bits per heavy atom. The lowest BCUT2D eigenvalue weighted by molar-refractivity contribution is 0.594. The van der Waals surface area contributed by atoms with Crippen LogP contribution in [0.4, 0.5) is 0 Å². The van der Waals surface area contributed by atoms with Crippen LogP contribution in [0.3, 0.4) is 0 Å². The molecule has 3 heteroatoms. The summed E-state index contributed by atoms with van der Waals surface area (Å²) < 4.78 is 1.13. The van der Waals surface area contributed by atoms with Crippen molar-refractivity contribution in [2.75, 3.05) is 0 Å². The largest absolute Gasteiger partial charge is 0.324 e. The summed E-state index contributed by atoms with van der Waals surface area (Å²) in [7, 11) is 0. The van der Waals surface area contributed by atoms with Gasteiger partial charge in [0.2, 0.25) is 0 Å². The van der Waals surface area contributed by atoms with Gasteiger partial charge in [0, 0.05) is 10.5 Å². The molecule has 0 spiro atoms. The highest BCUT2D eigenvalue weighted by molar-refractivity contribution is 9.10. The minimum absolute atomic E-state index is 0. The molecular weight excluding hydrogens is 273 g/mol. The average molecular weight is 291 g/mol. The van der Waals surface area contributed by atoms with Crippen molar-refractivity contribution in [3.63, 3.8) is 0 Å². The van der Waals surface area contributed by atoms with Gasteiger partial charge < -0.3 is 5.73 Å². The summed E-state index contributed by atoms with van der Waals surface area (Å²) >= 11 is 3.49. The van der Waals surface area contributed by atoms with Crippen LogP contribution in [-0.2, 0) is 0 Å². The molecule has 0 amide bonds.